The predicted molar refractivity (Wildman–Crippen MR) is 73.9 cm³/mol. The second-order valence-corrected chi connectivity index (χ2v) is 4.32. The summed E-state index contributed by atoms with van der Waals surface area (Å²) >= 11 is 0. The Morgan fingerprint density at radius 2 is 2.25 bits per heavy atom. The maximum Gasteiger partial charge on any atom is 0.264 e. The van der Waals surface area contributed by atoms with Crippen LogP contribution >= 0.6 is 0 Å². The summed E-state index contributed by atoms with van der Waals surface area (Å²) < 4.78 is 10.2. The van der Waals surface area contributed by atoms with Crippen LogP contribution in [0.15, 0.2) is 29.4 Å². The first-order valence-electron chi connectivity index (χ1n) is 6.39. The van der Waals surface area contributed by atoms with Crippen molar-refractivity contribution in [1.29, 1.82) is 0 Å². The van der Waals surface area contributed by atoms with Crippen molar-refractivity contribution < 1.29 is 19.1 Å². The number of hydrogen-bond donors (Lipinski definition) is 1. The second kappa shape index (κ2) is 6.91. The molecule has 6 heteroatoms. The van der Waals surface area contributed by atoms with Crippen molar-refractivity contribution in [2.24, 2.45) is 5.16 Å². The molecule has 0 fully saturated rings. The molecule has 1 aromatic carbocycles. The zero-order chi connectivity index (χ0) is 14.4. The monoisotopic (exact) mass is 278 g/mol. The summed E-state index contributed by atoms with van der Waals surface area (Å²) in [5.74, 6) is 0.533. The number of amides is 1. The molecule has 1 unspecified atom stereocenters. The number of hydrogen-bond acceptors (Lipinski definition) is 5. The highest BCUT2D eigenvalue weighted by molar-refractivity contribution is 6.05. The molecule has 20 heavy (non-hydrogen) atoms. The van der Waals surface area contributed by atoms with Crippen LogP contribution in [-0.2, 0) is 14.4 Å². The van der Waals surface area contributed by atoms with E-state index >= 15 is 0 Å². The number of methoxy groups -OCH3 is 2. The average Bonchev–Trinajstić information content (AvgIpc) is 2.97. The molecular weight excluding hydrogens is 260 g/mol. The number of nitrogens with one attached hydrogen (secondary N) is 1. The summed E-state index contributed by atoms with van der Waals surface area (Å²) in [4.78, 5) is 17.0. The number of benzene rings is 1. The zero-order valence-corrected chi connectivity index (χ0v) is 11.6. The van der Waals surface area contributed by atoms with Crippen LogP contribution in [-0.4, -0.2) is 45.1 Å². The highest BCUT2D eigenvalue weighted by Crippen LogP contribution is 2.24. The van der Waals surface area contributed by atoms with E-state index < -0.39 is 6.10 Å². The molecule has 1 aliphatic heterocycles. The quantitative estimate of drug-likeness (QED) is 0.787. The first-order chi connectivity index (χ1) is 9.76. The molecule has 2 rings (SSSR count). The lowest BCUT2D eigenvalue weighted by atomic mass is 10.0. The Morgan fingerprint density at radius 1 is 1.45 bits per heavy atom. The van der Waals surface area contributed by atoms with Gasteiger partial charge in [-0.2, -0.15) is 0 Å². The van der Waals surface area contributed by atoms with Gasteiger partial charge in [0, 0.05) is 25.6 Å². The minimum absolute atomic E-state index is 0.185. The van der Waals surface area contributed by atoms with Gasteiger partial charge in [0.05, 0.1) is 19.4 Å². The van der Waals surface area contributed by atoms with Crippen LogP contribution in [0.1, 0.15) is 12.0 Å². The molecule has 0 saturated heterocycles. The van der Waals surface area contributed by atoms with E-state index in [1.54, 1.807) is 14.2 Å². The summed E-state index contributed by atoms with van der Waals surface area (Å²) in [6.07, 6.45) is -0.161. The van der Waals surface area contributed by atoms with Gasteiger partial charge in [-0.05, 0) is 12.1 Å². The lowest BCUT2D eigenvalue weighted by Crippen LogP contribution is -2.36. The van der Waals surface area contributed by atoms with Gasteiger partial charge in [-0.3, -0.25) is 4.79 Å². The first kappa shape index (κ1) is 14.3. The molecule has 1 amide bonds. The molecule has 108 valence electrons. The minimum Gasteiger partial charge on any atom is -0.496 e. The molecule has 1 aromatic rings. The summed E-state index contributed by atoms with van der Waals surface area (Å²) in [6, 6.07) is 7.52. The summed E-state index contributed by atoms with van der Waals surface area (Å²) in [6.45, 7) is 0.928. The highest BCUT2D eigenvalue weighted by atomic mass is 16.6. The van der Waals surface area contributed by atoms with Gasteiger partial charge in [0.25, 0.3) is 5.91 Å². The van der Waals surface area contributed by atoms with Crippen LogP contribution in [0.2, 0.25) is 0 Å². The van der Waals surface area contributed by atoms with Crippen molar-refractivity contribution in [3.8, 4) is 5.75 Å². The first-order valence-corrected chi connectivity index (χ1v) is 6.39. The van der Waals surface area contributed by atoms with Gasteiger partial charge < -0.3 is 19.6 Å². The zero-order valence-electron chi connectivity index (χ0n) is 11.6. The third-order valence-corrected chi connectivity index (χ3v) is 2.98. The molecule has 1 aliphatic rings. The third-order valence-electron chi connectivity index (χ3n) is 2.98. The van der Waals surface area contributed by atoms with Gasteiger partial charge in [-0.15, -0.1) is 0 Å². The molecule has 0 saturated carbocycles. The van der Waals surface area contributed by atoms with E-state index in [1.807, 2.05) is 24.3 Å². The van der Waals surface area contributed by atoms with Crippen LogP contribution in [0.3, 0.4) is 0 Å². The van der Waals surface area contributed by atoms with E-state index in [1.165, 1.54) is 0 Å². The van der Waals surface area contributed by atoms with E-state index in [2.05, 4.69) is 10.5 Å². The molecule has 1 N–H and O–H groups in total. The number of carbonyl (C=O) groups is 1. The van der Waals surface area contributed by atoms with E-state index in [-0.39, 0.29) is 5.91 Å². The molecule has 0 aliphatic carbocycles. The molecule has 1 heterocycles. The Kier molecular flexibility index (Phi) is 4.95. The van der Waals surface area contributed by atoms with Crippen LogP contribution in [0, 0.1) is 0 Å². The highest BCUT2D eigenvalue weighted by Gasteiger charge is 2.29. The van der Waals surface area contributed by atoms with E-state index in [4.69, 9.17) is 14.3 Å². The molecule has 0 radical (unpaired) electrons. The van der Waals surface area contributed by atoms with Gasteiger partial charge in [0.15, 0.2) is 0 Å². The third kappa shape index (κ3) is 3.27. The number of oxime groups is 1. The lowest BCUT2D eigenvalue weighted by molar-refractivity contribution is -0.131. The molecular formula is C14H18N2O4. The fourth-order valence-corrected chi connectivity index (χ4v) is 1.95. The maximum atomic E-state index is 11.9. The molecule has 0 bridgehead atoms. The number of ether oxygens (including phenoxy) is 2. The molecule has 0 aromatic heterocycles. The summed E-state index contributed by atoms with van der Waals surface area (Å²) in [7, 11) is 3.19. The Labute approximate surface area is 117 Å². The molecule has 0 spiro atoms. The lowest BCUT2D eigenvalue weighted by Gasteiger charge is -2.09. The smallest absolute Gasteiger partial charge is 0.264 e. The number of nitrogens with zero attached hydrogens (tertiary/aromatic N) is 1. The predicted octanol–water partition coefficient (Wildman–Crippen LogP) is 0.951. The van der Waals surface area contributed by atoms with Crippen LogP contribution in [0.5, 0.6) is 5.75 Å². The van der Waals surface area contributed by atoms with Gasteiger partial charge >= 0.3 is 0 Å². The fraction of sp³-hybridized carbons (Fsp3) is 0.429. The van der Waals surface area contributed by atoms with Crippen molar-refractivity contribution in [2.45, 2.75) is 12.5 Å². The topological polar surface area (TPSA) is 69.2 Å². The van der Waals surface area contributed by atoms with Crippen LogP contribution in [0.4, 0.5) is 0 Å². The normalized spacial score (nSPS) is 17.3. The summed E-state index contributed by atoms with van der Waals surface area (Å²) in [5.41, 5.74) is 1.57. The fourth-order valence-electron chi connectivity index (χ4n) is 1.95. The Morgan fingerprint density at radius 3 is 3.00 bits per heavy atom. The van der Waals surface area contributed by atoms with Crippen LogP contribution in [0.25, 0.3) is 0 Å². The standard InChI is InChI=1S/C14H18N2O4/c1-18-8-7-15-14(17)13-9-11(16-20-13)10-5-3-4-6-12(10)19-2/h3-6,13H,7-9H2,1-2H3,(H,15,17). The number of para-hydroxylation sites is 1. The SMILES string of the molecule is COCCNC(=O)C1CC(c2ccccc2OC)=NO1. The number of carbonyl (C=O) groups excluding carboxylic acids is 1. The van der Waals surface area contributed by atoms with Gasteiger partial charge in [-0.25, -0.2) is 0 Å². The van der Waals surface area contributed by atoms with Crippen molar-refractivity contribution in [1.82, 2.24) is 5.32 Å². The number of rotatable bonds is 6. The van der Waals surface area contributed by atoms with Gasteiger partial charge in [0.1, 0.15) is 5.75 Å². The van der Waals surface area contributed by atoms with E-state index in [0.29, 0.717) is 25.3 Å². The minimum atomic E-state index is -0.591. The Balaban J connectivity index is 1.96. The van der Waals surface area contributed by atoms with Crippen LogP contribution < -0.4 is 10.1 Å². The second-order valence-electron chi connectivity index (χ2n) is 4.32. The van der Waals surface area contributed by atoms with E-state index in [9.17, 15) is 4.79 Å². The van der Waals surface area contributed by atoms with Crippen molar-refractivity contribution >= 4 is 11.6 Å². The van der Waals surface area contributed by atoms with Crippen molar-refractivity contribution in [3.63, 3.8) is 0 Å². The maximum absolute atomic E-state index is 11.9. The Hall–Kier alpha value is -2.08. The van der Waals surface area contributed by atoms with Gasteiger partial charge in [0.2, 0.25) is 6.10 Å². The van der Waals surface area contributed by atoms with E-state index in [0.717, 1.165) is 11.3 Å². The average molecular weight is 278 g/mol. The largest absolute Gasteiger partial charge is 0.496 e. The van der Waals surface area contributed by atoms with Gasteiger partial charge in [-0.1, -0.05) is 17.3 Å². The van der Waals surface area contributed by atoms with Crippen molar-refractivity contribution in [2.75, 3.05) is 27.4 Å². The molecule has 6 nitrogen and oxygen atoms in total. The summed E-state index contributed by atoms with van der Waals surface area (Å²) in [5, 5.41) is 6.72. The Bertz CT molecular complexity index is 502. The van der Waals surface area contributed by atoms with Crippen molar-refractivity contribution in [3.05, 3.63) is 29.8 Å². The molecule has 1 atom stereocenters.